The third kappa shape index (κ3) is 4.73. The number of nitrogens with one attached hydrogen (secondary N) is 1. The summed E-state index contributed by atoms with van der Waals surface area (Å²) in [7, 11) is 1.54. The Labute approximate surface area is 120 Å². The van der Waals surface area contributed by atoms with Crippen LogP contribution in [0.25, 0.3) is 0 Å². The Bertz CT molecular complexity index is 434. The summed E-state index contributed by atoms with van der Waals surface area (Å²) in [6, 6.07) is 7.28. The average molecular weight is 361 g/mol. The predicted octanol–water partition coefficient (Wildman–Crippen LogP) is 1.87. The van der Waals surface area contributed by atoms with Gasteiger partial charge in [-0.25, -0.2) is 0 Å². The number of benzene rings is 1. The Morgan fingerprint density at radius 1 is 1.44 bits per heavy atom. The molecule has 4 nitrogen and oxygen atoms in total. The van der Waals surface area contributed by atoms with Gasteiger partial charge in [0.25, 0.3) is 0 Å². The summed E-state index contributed by atoms with van der Waals surface area (Å²) in [5.74, 6) is -0.513. The zero-order chi connectivity index (χ0) is 13.5. The molecule has 0 heterocycles. The van der Waals surface area contributed by atoms with Gasteiger partial charge in [-0.05, 0) is 34.7 Å². The fraction of sp³-hybridized carbons (Fsp3) is 0.385. The van der Waals surface area contributed by atoms with E-state index in [0.29, 0.717) is 12.2 Å². The minimum Gasteiger partial charge on any atom is -0.384 e. The third-order valence-corrected chi connectivity index (χ3v) is 3.11. The third-order valence-electron chi connectivity index (χ3n) is 2.43. The molecule has 0 unspecified atom stereocenters. The van der Waals surface area contributed by atoms with Crippen molar-refractivity contribution in [2.75, 3.05) is 20.3 Å². The van der Waals surface area contributed by atoms with Crippen LogP contribution in [0.15, 0.2) is 24.3 Å². The number of ketones is 1. The van der Waals surface area contributed by atoms with Crippen molar-refractivity contribution < 1.29 is 14.3 Å². The van der Waals surface area contributed by atoms with Crippen molar-refractivity contribution in [2.24, 2.45) is 5.92 Å². The van der Waals surface area contributed by atoms with E-state index in [9.17, 15) is 9.59 Å². The normalized spacial score (nSPS) is 11.9. The van der Waals surface area contributed by atoms with Gasteiger partial charge in [-0.15, -0.1) is 0 Å². The molecule has 0 aliphatic heterocycles. The second-order valence-corrected chi connectivity index (χ2v) is 5.25. The predicted molar refractivity (Wildman–Crippen MR) is 77.5 cm³/mol. The number of hydrogen-bond acceptors (Lipinski definition) is 3. The Kier molecular flexibility index (Phi) is 6.28. The lowest BCUT2D eigenvalue weighted by molar-refractivity contribution is -0.125. The molecule has 0 radical (unpaired) electrons. The zero-order valence-corrected chi connectivity index (χ0v) is 12.6. The summed E-state index contributed by atoms with van der Waals surface area (Å²) >= 11 is 2.15. The lowest BCUT2D eigenvalue weighted by atomic mass is 10.1. The van der Waals surface area contributed by atoms with E-state index in [1.807, 2.05) is 12.1 Å². The molecule has 0 saturated carbocycles. The molecule has 0 spiro atoms. The van der Waals surface area contributed by atoms with Gasteiger partial charge in [-0.3, -0.25) is 9.59 Å². The number of rotatable bonds is 6. The van der Waals surface area contributed by atoms with Crippen LogP contribution in [0.1, 0.15) is 17.3 Å². The summed E-state index contributed by atoms with van der Waals surface area (Å²) in [6.45, 7) is 2.13. The van der Waals surface area contributed by atoms with E-state index in [1.54, 1.807) is 26.2 Å². The first-order valence-corrected chi connectivity index (χ1v) is 6.68. The highest BCUT2D eigenvalue weighted by Crippen LogP contribution is 2.08. The molecular formula is C13H16INO3. The Morgan fingerprint density at radius 2 is 2.17 bits per heavy atom. The highest BCUT2D eigenvalue weighted by molar-refractivity contribution is 14.1. The molecule has 1 atom stereocenters. The van der Waals surface area contributed by atoms with Gasteiger partial charge in [0.05, 0.1) is 19.1 Å². The minimum atomic E-state index is -0.251. The van der Waals surface area contributed by atoms with Crippen LogP contribution in [0.4, 0.5) is 0 Å². The van der Waals surface area contributed by atoms with Crippen LogP contribution in [0.2, 0.25) is 0 Å². The van der Waals surface area contributed by atoms with Crippen LogP contribution in [-0.4, -0.2) is 32.0 Å². The zero-order valence-electron chi connectivity index (χ0n) is 10.4. The van der Waals surface area contributed by atoms with E-state index >= 15 is 0 Å². The highest BCUT2D eigenvalue weighted by Gasteiger charge is 2.14. The molecule has 0 fully saturated rings. The van der Waals surface area contributed by atoms with E-state index in [0.717, 1.165) is 3.57 Å². The molecule has 1 amide bonds. The van der Waals surface area contributed by atoms with Crippen molar-refractivity contribution in [3.05, 3.63) is 33.4 Å². The maximum absolute atomic E-state index is 11.8. The number of Topliss-reactive ketones (excluding diaryl/α,β-unsaturated/α-hetero) is 1. The van der Waals surface area contributed by atoms with E-state index in [1.165, 1.54) is 0 Å². The lowest BCUT2D eigenvalue weighted by Gasteiger charge is -2.10. The van der Waals surface area contributed by atoms with E-state index in [-0.39, 0.29) is 24.2 Å². The molecule has 18 heavy (non-hydrogen) atoms. The lowest BCUT2D eigenvalue weighted by Crippen LogP contribution is -2.35. The number of halogens is 1. The first-order valence-electron chi connectivity index (χ1n) is 5.60. The summed E-state index contributed by atoms with van der Waals surface area (Å²) < 4.78 is 5.88. The van der Waals surface area contributed by atoms with Crippen LogP contribution in [-0.2, 0) is 9.53 Å². The number of carbonyl (C=O) groups excluding carboxylic acids is 2. The van der Waals surface area contributed by atoms with Crippen molar-refractivity contribution in [3.63, 3.8) is 0 Å². The van der Waals surface area contributed by atoms with Gasteiger partial charge in [-0.1, -0.05) is 19.1 Å². The molecule has 1 aromatic rings. The Balaban J connectivity index is 2.49. The Morgan fingerprint density at radius 3 is 2.78 bits per heavy atom. The molecular weight excluding hydrogens is 345 g/mol. The molecule has 0 aliphatic rings. The number of carbonyl (C=O) groups is 2. The maximum Gasteiger partial charge on any atom is 0.225 e. The molecule has 0 aromatic heterocycles. The van der Waals surface area contributed by atoms with Crippen LogP contribution in [0.3, 0.4) is 0 Å². The molecule has 1 aromatic carbocycles. The summed E-state index contributed by atoms with van der Waals surface area (Å²) in [5.41, 5.74) is 0.613. The number of hydrogen-bond donors (Lipinski definition) is 1. The van der Waals surface area contributed by atoms with Crippen molar-refractivity contribution in [1.82, 2.24) is 5.32 Å². The van der Waals surface area contributed by atoms with Gasteiger partial charge < -0.3 is 10.1 Å². The number of methoxy groups -OCH3 is 1. The largest absolute Gasteiger partial charge is 0.384 e. The Hall–Kier alpha value is -0.950. The molecule has 5 heteroatoms. The molecule has 1 rings (SSSR count). The van der Waals surface area contributed by atoms with Gasteiger partial charge in [-0.2, -0.15) is 0 Å². The van der Waals surface area contributed by atoms with Crippen molar-refractivity contribution in [2.45, 2.75) is 6.92 Å². The van der Waals surface area contributed by atoms with Crippen LogP contribution < -0.4 is 5.32 Å². The van der Waals surface area contributed by atoms with Crippen LogP contribution in [0, 0.1) is 9.49 Å². The average Bonchev–Trinajstić information content (AvgIpc) is 2.35. The minimum absolute atomic E-state index is 0.0208. The molecule has 1 N–H and O–H groups in total. The van der Waals surface area contributed by atoms with Gasteiger partial charge >= 0.3 is 0 Å². The molecule has 0 aliphatic carbocycles. The monoisotopic (exact) mass is 361 g/mol. The van der Waals surface area contributed by atoms with Gasteiger partial charge in [0.2, 0.25) is 5.91 Å². The van der Waals surface area contributed by atoms with E-state index in [4.69, 9.17) is 4.74 Å². The fourth-order valence-corrected chi connectivity index (χ4v) is 1.97. The fourth-order valence-electron chi connectivity index (χ4n) is 1.43. The summed E-state index contributed by atoms with van der Waals surface area (Å²) in [4.78, 5) is 23.4. The quantitative estimate of drug-likeness (QED) is 0.622. The van der Waals surface area contributed by atoms with Crippen molar-refractivity contribution in [1.29, 1.82) is 0 Å². The second-order valence-electron chi connectivity index (χ2n) is 4.01. The van der Waals surface area contributed by atoms with Gasteiger partial charge in [0, 0.05) is 16.2 Å². The van der Waals surface area contributed by atoms with Gasteiger partial charge in [0.15, 0.2) is 5.78 Å². The van der Waals surface area contributed by atoms with E-state index in [2.05, 4.69) is 27.9 Å². The summed E-state index contributed by atoms with van der Waals surface area (Å²) in [5, 5.41) is 2.61. The van der Waals surface area contributed by atoms with E-state index < -0.39 is 0 Å². The standard InChI is InChI=1S/C13H16INO3/c1-9(8-18-2)13(17)15-7-12(16)10-4-3-5-11(14)6-10/h3-6,9H,7-8H2,1-2H3,(H,15,17)/t9-/m1/s1. The SMILES string of the molecule is COC[C@@H](C)C(=O)NCC(=O)c1cccc(I)c1. The molecule has 98 valence electrons. The first-order chi connectivity index (χ1) is 8.54. The topological polar surface area (TPSA) is 55.4 Å². The summed E-state index contributed by atoms with van der Waals surface area (Å²) in [6.07, 6.45) is 0. The van der Waals surface area contributed by atoms with Gasteiger partial charge in [0.1, 0.15) is 0 Å². The highest BCUT2D eigenvalue weighted by atomic mass is 127. The molecule has 0 bridgehead atoms. The smallest absolute Gasteiger partial charge is 0.225 e. The van der Waals surface area contributed by atoms with Crippen molar-refractivity contribution in [3.8, 4) is 0 Å². The number of ether oxygens (including phenoxy) is 1. The maximum atomic E-state index is 11.8. The van der Waals surface area contributed by atoms with Crippen LogP contribution in [0.5, 0.6) is 0 Å². The second kappa shape index (κ2) is 7.48. The van der Waals surface area contributed by atoms with Crippen LogP contribution >= 0.6 is 22.6 Å². The molecule has 0 saturated heterocycles. The first kappa shape index (κ1) is 15.1. The van der Waals surface area contributed by atoms with Crippen molar-refractivity contribution >= 4 is 34.3 Å². The number of amides is 1.